The lowest BCUT2D eigenvalue weighted by atomic mass is 10.1. The first kappa shape index (κ1) is 19.7. The highest BCUT2D eigenvalue weighted by atomic mass is 35.5. The predicted octanol–water partition coefficient (Wildman–Crippen LogP) is 3.19. The Kier molecular flexibility index (Phi) is 5.77. The molecule has 0 spiro atoms. The Hall–Kier alpha value is -2.05. The third kappa shape index (κ3) is 4.12. The average Bonchev–Trinajstić information content (AvgIpc) is 2.64. The van der Waals surface area contributed by atoms with Crippen LogP contribution in [0, 0.1) is 23.0 Å². The van der Waals surface area contributed by atoms with Gasteiger partial charge in [-0.15, -0.1) is 0 Å². The number of sulfonamides is 1. The van der Waals surface area contributed by atoms with Crippen LogP contribution in [-0.2, 0) is 10.0 Å². The second-order valence-corrected chi connectivity index (χ2v) is 8.44. The van der Waals surface area contributed by atoms with Gasteiger partial charge in [-0.05, 0) is 35.9 Å². The molecule has 1 heterocycles. The second kappa shape index (κ2) is 7.90. The van der Waals surface area contributed by atoms with E-state index >= 15 is 0 Å². The van der Waals surface area contributed by atoms with Crippen LogP contribution in [0.1, 0.15) is 11.6 Å². The van der Waals surface area contributed by atoms with Crippen LogP contribution in [0.2, 0.25) is 5.02 Å². The Labute approximate surface area is 161 Å². The van der Waals surface area contributed by atoms with Gasteiger partial charge in [0.15, 0.2) is 0 Å². The van der Waals surface area contributed by atoms with E-state index in [2.05, 4.69) is 6.07 Å². The number of halogens is 3. The Bertz CT molecular complexity index is 969. The molecule has 2 aromatic rings. The Balaban J connectivity index is 1.74. The maximum Gasteiger partial charge on any atom is 0.246 e. The van der Waals surface area contributed by atoms with E-state index in [0.717, 1.165) is 12.1 Å². The monoisotopic (exact) mass is 411 g/mol. The summed E-state index contributed by atoms with van der Waals surface area (Å²) in [5.74, 6) is -1.29. The summed E-state index contributed by atoms with van der Waals surface area (Å²) in [6.45, 7) is 0.821. The van der Waals surface area contributed by atoms with Gasteiger partial charge in [0.1, 0.15) is 22.6 Å². The summed E-state index contributed by atoms with van der Waals surface area (Å²) < 4.78 is 53.7. The number of nitriles is 1. The van der Waals surface area contributed by atoms with Crippen LogP contribution in [-0.4, -0.2) is 43.8 Å². The van der Waals surface area contributed by atoms with Crippen molar-refractivity contribution >= 4 is 21.6 Å². The maximum absolute atomic E-state index is 14.0. The van der Waals surface area contributed by atoms with Crippen molar-refractivity contribution in [2.45, 2.75) is 10.9 Å². The van der Waals surface area contributed by atoms with Crippen molar-refractivity contribution in [2.75, 3.05) is 26.2 Å². The van der Waals surface area contributed by atoms with Crippen LogP contribution in [0.15, 0.2) is 47.4 Å². The van der Waals surface area contributed by atoms with Gasteiger partial charge in [-0.1, -0.05) is 23.7 Å². The molecule has 1 aliphatic heterocycles. The lowest BCUT2D eigenvalue weighted by Crippen LogP contribution is -2.49. The van der Waals surface area contributed by atoms with Crippen LogP contribution < -0.4 is 0 Å². The number of rotatable bonds is 4. The smallest absolute Gasteiger partial charge is 0.246 e. The summed E-state index contributed by atoms with van der Waals surface area (Å²) in [6.07, 6.45) is 0. The zero-order chi connectivity index (χ0) is 19.6. The third-order valence-electron chi connectivity index (χ3n) is 4.46. The zero-order valence-corrected chi connectivity index (χ0v) is 15.7. The molecule has 1 fully saturated rings. The van der Waals surface area contributed by atoms with Gasteiger partial charge in [0, 0.05) is 31.2 Å². The molecule has 142 valence electrons. The van der Waals surface area contributed by atoms with Crippen molar-refractivity contribution in [3.05, 3.63) is 64.7 Å². The molecular formula is C18H16ClF2N3O2S. The first-order valence-electron chi connectivity index (χ1n) is 8.17. The van der Waals surface area contributed by atoms with E-state index in [1.54, 1.807) is 0 Å². The van der Waals surface area contributed by atoms with E-state index in [1.807, 2.05) is 4.90 Å². The SMILES string of the molecule is N#C[C@H](c1ccc(F)cc1)N1CCN(S(=O)(=O)c2ccc(Cl)cc2F)CC1. The molecule has 0 bridgehead atoms. The van der Waals surface area contributed by atoms with E-state index in [0.29, 0.717) is 18.7 Å². The molecule has 0 N–H and O–H groups in total. The van der Waals surface area contributed by atoms with Gasteiger partial charge in [0.05, 0.1) is 6.07 Å². The molecule has 27 heavy (non-hydrogen) atoms. The van der Waals surface area contributed by atoms with Crippen LogP contribution in [0.25, 0.3) is 0 Å². The van der Waals surface area contributed by atoms with E-state index in [4.69, 9.17) is 11.6 Å². The third-order valence-corrected chi connectivity index (χ3v) is 6.63. The number of hydrogen-bond acceptors (Lipinski definition) is 4. The molecule has 1 saturated heterocycles. The maximum atomic E-state index is 14.0. The van der Waals surface area contributed by atoms with E-state index in [9.17, 15) is 22.5 Å². The van der Waals surface area contributed by atoms with Crippen molar-refractivity contribution in [2.24, 2.45) is 0 Å². The lowest BCUT2D eigenvalue weighted by Gasteiger charge is -2.36. The van der Waals surface area contributed by atoms with Crippen LogP contribution in [0.5, 0.6) is 0 Å². The highest BCUT2D eigenvalue weighted by Crippen LogP contribution is 2.26. The highest BCUT2D eigenvalue weighted by molar-refractivity contribution is 7.89. The summed E-state index contributed by atoms with van der Waals surface area (Å²) >= 11 is 5.68. The molecule has 0 radical (unpaired) electrons. The fourth-order valence-corrected chi connectivity index (χ4v) is 4.66. The first-order chi connectivity index (χ1) is 12.8. The number of piperazine rings is 1. The molecule has 1 atom stereocenters. The van der Waals surface area contributed by atoms with Gasteiger partial charge >= 0.3 is 0 Å². The van der Waals surface area contributed by atoms with Crippen LogP contribution >= 0.6 is 11.6 Å². The molecule has 3 rings (SSSR count). The summed E-state index contributed by atoms with van der Waals surface area (Å²) in [7, 11) is -4.00. The molecule has 0 saturated carbocycles. The largest absolute Gasteiger partial charge is 0.282 e. The minimum absolute atomic E-state index is 0.115. The van der Waals surface area contributed by atoms with Crippen molar-refractivity contribution in [3.63, 3.8) is 0 Å². The Morgan fingerprint density at radius 2 is 1.67 bits per heavy atom. The summed E-state index contributed by atoms with van der Waals surface area (Å²) in [6, 6.07) is 10.6. The zero-order valence-electron chi connectivity index (χ0n) is 14.1. The minimum Gasteiger partial charge on any atom is -0.282 e. The molecule has 9 heteroatoms. The van der Waals surface area contributed by atoms with Gasteiger partial charge < -0.3 is 0 Å². The molecule has 0 unspecified atom stereocenters. The van der Waals surface area contributed by atoms with Crippen molar-refractivity contribution in [1.82, 2.24) is 9.21 Å². The quantitative estimate of drug-likeness (QED) is 0.775. The predicted molar refractivity (Wildman–Crippen MR) is 96.5 cm³/mol. The van der Waals surface area contributed by atoms with Crippen molar-refractivity contribution in [1.29, 1.82) is 5.26 Å². The fourth-order valence-electron chi connectivity index (χ4n) is 3.04. The lowest BCUT2D eigenvalue weighted by molar-refractivity contribution is 0.162. The van der Waals surface area contributed by atoms with Gasteiger partial charge in [0.2, 0.25) is 10.0 Å². The average molecular weight is 412 g/mol. The van der Waals surface area contributed by atoms with Crippen LogP contribution in [0.3, 0.4) is 0 Å². The van der Waals surface area contributed by atoms with Crippen molar-refractivity contribution in [3.8, 4) is 6.07 Å². The second-order valence-electron chi connectivity index (χ2n) is 6.10. The molecule has 0 aliphatic carbocycles. The Morgan fingerprint density at radius 1 is 1.04 bits per heavy atom. The van der Waals surface area contributed by atoms with Crippen LogP contribution in [0.4, 0.5) is 8.78 Å². The number of nitrogens with zero attached hydrogens (tertiary/aromatic N) is 3. The molecule has 1 aliphatic rings. The van der Waals surface area contributed by atoms with Gasteiger partial charge in [0.25, 0.3) is 0 Å². The van der Waals surface area contributed by atoms with Gasteiger partial charge in [-0.2, -0.15) is 9.57 Å². The molecule has 0 amide bonds. The van der Waals surface area contributed by atoms with E-state index in [1.165, 1.54) is 34.6 Å². The standard InChI is InChI=1S/C18H16ClF2N3O2S/c19-14-3-6-18(16(21)11-14)27(25,26)24-9-7-23(8-10-24)17(12-22)13-1-4-15(20)5-2-13/h1-6,11,17H,7-10H2/t17-/m1/s1. The topological polar surface area (TPSA) is 64.4 Å². The summed E-state index contributed by atoms with van der Waals surface area (Å²) in [5.41, 5.74) is 0.638. The number of hydrogen-bond donors (Lipinski definition) is 0. The van der Waals surface area contributed by atoms with E-state index in [-0.39, 0.29) is 18.1 Å². The molecular weight excluding hydrogens is 396 g/mol. The minimum atomic E-state index is -4.00. The van der Waals surface area contributed by atoms with E-state index < -0.39 is 32.6 Å². The molecule has 0 aromatic heterocycles. The highest BCUT2D eigenvalue weighted by Gasteiger charge is 2.33. The molecule has 5 nitrogen and oxygen atoms in total. The van der Waals surface area contributed by atoms with Gasteiger partial charge in [-0.25, -0.2) is 17.2 Å². The van der Waals surface area contributed by atoms with Gasteiger partial charge in [-0.3, -0.25) is 4.90 Å². The number of benzene rings is 2. The molecule has 2 aromatic carbocycles. The van der Waals surface area contributed by atoms with Crippen molar-refractivity contribution < 1.29 is 17.2 Å². The Morgan fingerprint density at radius 3 is 2.22 bits per heavy atom. The summed E-state index contributed by atoms with van der Waals surface area (Å²) in [5, 5.41) is 9.61. The first-order valence-corrected chi connectivity index (χ1v) is 9.99. The normalized spacial score (nSPS) is 17.4. The fraction of sp³-hybridized carbons (Fsp3) is 0.278. The summed E-state index contributed by atoms with van der Waals surface area (Å²) in [4.78, 5) is 1.40.